The molecule has 0 unspecified atom stereocenters. The average Bonchev–Trinajstić information content (AvgIpc) is 2.88. The lowest BCUT2D eigenvalue weighted by Crippen LogP contribution is -1.97. The minimum Gasteiger partial charge on any atom is -0.259 e. The zero-order chi connectivity index (χ0) is 14.8. The van der Waals surface area contributed by atoms with Crippen LogP contribution < -0.4 is 0 Å². The Morgan fingerprint density at radius 2 is 2.10 bits per heavy atom. The summed E-state index contributed by atoms with van der Waals surface area (Å²) < 4.78 is 1.95. The molecule has 6 heteroatoms. The van der Waals surface area contributed by atoms with Crippen molar-refractivity contribution in [2.75, 3.05) is 0 Å². The van der Waals surface area contributed by atoms with E-state index in [4.69, 9.17) is 5.26 Å². The van der Waals surface area contributed by atoms with E-state index in [-0.39, 0.29) is 0 Å². The number of hydrogen-bond acceptors (Lipinski definition) is 5. The third-order valence-corrected chi connectivity index (χ3v) is 4.09. The van der Waals surface area contributed by atoms with E-state index >= 15 is 0 Å². The van der Waals surface area contributed by atoms with Gasteiger partial charge in [0.15, 0.2) is 5.16 Å². The van der Waals surface area contributed by atoms with Gasteiger partial charge in [-0.3, -0.25) is 4.40 Å². The standard InChI is InChI=1S/C15H13N5S/c1-10-6-11(2)20-14(17-10)18-19-15(20)21-9-13-5-3-4-12(7-13)8-16/h3-7H,9H2,1-2H3. The van der Waals surface area contributed by atoms with Crippen molar-refractivity contribution < 1.29 is 0 Å². The molecule has 21 heavy (non-hydrogen) atoms. The number of hydrogen-bond donors (Lipinski definition) is 0. The maximum absolute atomic E-state index is 8.93. The van der Waals surface area contributed by atoms with Crippen LogP contribution in [0, 0.1) is 25.2 Å². The number of nitriles is 1. The van der Waals surface area contributed by atoms with E-state index < -0.39 is 0 Å². The molecule has 0 aliphatic heterocycles. The monoisotopic (exact) mass is 295 g/mol. The number of fused-ring (bicyclic) bond motifs is 1. The van der Waals surface area contributed by atoms with E-state index in [1.165, 1.54) is 0 Å². The predicted octanol–water partition coefficient (Wildman–Crippen LogP) is 2.91. The van der Waals surface area contributed by atoms with Crippen molar-refractivity contribution >= 4 is 17.5 Å². The molecule has 2 heterocycles. The first-order valence-electron chi connectivity index (χ1n) is 6.48. The molecule has 5 nitrogen and oxygen atoms in total. The van der Waals surface area contributed by atoms with Gasteiger partial charge in [-0.1, -0.05) is 23.9 Å². The lowest BCUT2D eigenvalue weighted by Gasteiger charge is -2.04. The highest BCUT2D eigenvalue weighted by Crippen LogP contribution is 2.23. The van der Waals surface area contributed by atoms with E-state index in [9.17, 15) is 0 Å². The van der Waals surface area contributed by atoms with E-state index in [0.717, 1.165) is 27.9 Å². The SMILES string of the molecule is Cc1cc(C)n2c(SCc3cccc(C#N)c3)nnc2n1. The van der Waals surface area contributed by atoms with Crippen molar-refractivity contribution in [1.29, 1.82) is 5.26 Å². The summed E-state index contributed by atoms with van der Waals surface area (Å²) in [4.78, 5) is 4.37. The second-order valence-electron chi connectivity index (χ2n) is 4.76. The molecule has 3 rings (SSSR count). The van der Waals surface area contributed by atoms with Gasteiger partial charge in [-0.05, 0) is 37.6 Å². The average molecular weight is 295 g/mol. The van der Waals surface area contributed by atoms with Crippen LogP contribution in [0.1, 0.15) is 22.5 Å². The first-order valence-corrected chi connectivity index (χ1v) is 7.47. The summed E-state index contributed by atoms with van der Waals surface area (Å²) >= 11 is 1.59. The van der Waals surface area contributed by atoms with E-state index in [0.29, 0.717) is 11.3 Å². The van der Waals surface area contributed by atoms with Gasteiger partial charge in [0, 0.05) is 17.1 Å². The maximum Gasteiger partial charge on any atom is 0.256 e. The summed E-state index contributed by atoms with van der Waals surface area (Å²) in [6, 6.07) is 11.8. The van der Waals surface area contributed by atoms with Crippen LogP contribution in [0.4, 0.5) is 0 Å². The van der Waals surface area contributed by atoms with Crippen LogP contribution in [0.3, 0.4) is 0 Å². The first kappa shape index (κ1) is 13.6. The number of aromatic nitrogens is 4. The van der Waals surface area contributed by atoms with Gasteiger partial charge in [-0.15, -0.1) is 10.2 Å². The third kappa shape index (κ3) is 2.73. The fourth-order valence-electron chi connectivity index (χ4n) is 2.17. The van der Waals surface area contributed by atoms with Crippen LogP contribution in [-0.2, 0) is 5.75 Å². The molecule has 0 amide bonds. The zero-order valence-corrected chi connectivity index (χ0v) is 12.6. The highest BCUT2D eigenvalue weighted by Gasteiger charge is 2.10. The third-order valence-electron chi connectivity index (χ3n) is 3.09. The summed E-state index contributed by atoms with van der Waals surface area (Å²) in [6.45, 7) is 3.97. The van der Waals surface area contributed by atoms with Crippen LogP contribution in [0.5, 0.6) is 0 Å². The Balaban J connectivity index is 1.87. The quantitative estimate of drug-likeness (QED) is 0.695. The second kappa shape index (κ2) is 5.54. The molecule has 0 saturated carbocycles. The molecule has 104 valence electrons. The van der Waals surface area contributed by atoms with Gasteiger partial charge < -0.3 is 0 Å². The molecule has 2 aromatic heterocycles. The second-order valence-corrected chi connectivity index (χ2v) is 5.70. The Morgan fingerprint density at radius 1 is 1.24 bits per heavy atom. The van der Waals surface area contributed by atoms with Gasteiger partial charge in [-0.2, -0.15) is 5.26 Å². The molecule has 0 aliphatic carbocycles. The Bertz CT molecular complexity index is 847. The summed E-state index contributed by atoms with van der Waals surface area (Å²) in [5, 5.41) is 18.1. The van der Waals surface area contributed by atoms with Crippen molar-refractivity contribution in [3.05, 3.63) is 52.8 Å². The molecule has 1 aromatic carbocycles. The Kier molecular flexibility index (Phi) is 3.59. The van der Waals surface area contributed by atoms with E-state index in [1.807, 2.05) is 42.5 Å². The van der Waals surface area contributed by atoms with Crippen molar-refractivity contribution in [1.82, 2.24) is 19.6 Å². The van der Waals surface area contributed by atoms with Crippen molar-refractivity contribution in [3.8, 4) is 6.07 Å². The molecule has 0 spiro atoms. The van der Waals surface area contributed by atoms with Crippen LogP contribution in [-0.4, -0.2) is 19.6 Å². The van der Waals surface area contributed by atoms with E-state index in [1.54, 1.807) is 17.8 Å². The Morgan fingerprint density at radius 3 is 2.90 bits per heavy atom. The summed E-state index contributed by atoms with van der Waals surface area (Å²) in [5.41, 5.74) is 3.77. The number of benzene rings is 1. The van der Waals surface area contributed by atoms with Gasteiger partial charge >= 0.3 is 0 Å². The highest BCUT2D eigenvalue weighted by molar-refractivity contribution is 7.98. The fourth-order valence-corrected chi connectivity index (χ4v) is 3.10. The van der Waals surface area contributed by atoms with E-state index in [2.05, 4.69) is 21.3 Å². The smallest absolute Gasteiger partial charge is 0.256 e. The van der Waals surface area contributed by atoms with Crippen LogP contribution >= 0.6 is 11.8 Å². The molecule has 3 aromatic rings. The molecule has 0 atom stereocenters. The first-order chi connectivity index (χ1) is 10.2. The molecule has 0 bridgehead atoms. The molecule has 0 fully saturated rings. The normalized spacial score (nSPS) is 10.7. The summed E-state index contributed by atoms with van der Waals surface area (Å²) in [7, 11) is 0. The zero-order valence-electron chi connectivity index (χ0n) is 11.7. The van der Waals surface area contributed by atoms with Crippen LogP contribution in [0.2, 0.25) is 0 Å². The highest BCUT2D eigenvalue weighted by atomic mass is 32.2. The van der Waals surface area contributed by atoms with Gasteiger partial charge in [0.2, 0.25) is 0 Å². The minimum absolute atomic E-state index is 0.626. The van der Waals surface area contributed by atoms with Crippen LogP contribution in [0.25, 0.3) is 5.78 Å². The Labute approximate surface area is 126 Å². The number of nitrogens with zero attached hydrogens (tertiary/aromatic N) is 5. The minimum atomic E-state index is 0.626. The molecule has 0 saturated heterocycles. The van der Waals surface area contributed by atoms with Crippen LogP contribution in [0.15, 0.2) is 35.5 Å². The van der Waals surface area contributed by atoms with Gasteiger partial charge in [0.05, 0.1) is 11.6 Å². The van der Waals surface area contributed by atoms with Gasteiger partial charge in [0.1, 0.15) is 0 Å². The molecule has 0 N–H and O–H groups in total. The van der Waals surface area contributed by atoms with Crippen molar-refractivity contribution in [3.63, 3.8) is 0 Å². The van der Waals surface area contributed by atoms with Crippen molar-refractivity contribution in [2.24, 2.45) is 0 Å². The maximum atomic E-state index is 8.93. The lowest BCUT2D eigenvalue weighted by atomic mass is 10.2. The number of aryl methyl sites for hydroxylation is 2. The Hall–Kier alpha value is -2.39. The van der Waals surface area contributed by atoms with Gasteiger partial charge in [0.25, 0.3) is 5.78 Å². The molecule has 0 radical (unpaired) electrons. The van der Waals surface area contributed by atoms with Crippen molar-refractivity contribution in [2.45, 2.75) is 24.8 Å². The largest absolute Gasteiger partial charge is 0.259 e. The molecular weight excluding hydrogens is 282 g/mol. The molecule has 0 aliphatic rings. The number of rotatable bonds is 3. The molecular formula is C15H13N5S. The number of thioether (sulfide) groups is 1. The topological polar surface area (TPSA) is 66.9 Å². The lowest BCUT2D eigenvalue weighted by molar-refractivity contribution is 0.886. The fraction of sp³-hybridized carbons (Fsp3) is 0.200. The summed E-state index contributed by atoms with van der Waals surface area (Å²) in [5.74, 6) is 1.37. The predicted molar refractivity (Wildman–Crippen MR) is 81.0 cm³/mol. The van der Waals surface area contributed by atoms with Gasteiger partial charge in [-0.25, -0.2) is 4.98 Å². The summed E-state index contributed by atoms with van der Waals surface area (Å²) in [6.07, 6.45) is 0.